The SMILES string of the molecule is CC(C)N1CCN(C(C)C)CCN(C(C)C)CC1.[Cl][Cu]. The van der Waals surface area contributed by atoms with Gasteiger partial charge in [0.05, 0.1) is 0 Å². The summed E-state index contributed by atoms with van der Waals surface area (Å²) in [6.45, 7) is 21.2. The fourth-order valence-corrected chi connectivity index (χ4v) is 2.66. The van der Waals surface area contributed by atoms with Gasteiger partial charge in [-0.05, 0) is 41.5 Å². The van der Waals surface area contributed by atoms with Crippen LogP contribution in [0.5, 0.6) is 0 Å². The van der Waals surface area contributed by atoms with Gasteiger partial charge >= 0.3 is 25.2 Å². The fourth-order valence-electron chi connectivity index (χ4n) is 2.66. The van der Waals surface area contributed by atoms with Crippen molar-refractivity contribution < 1.29 is 15.1 Å². The predicted octanol–water partition coefficient (Wildman–Crippen LogP) is 2.82. The Labute approximate surface area is 139 Å². The van der Waals surface area contributed by atoms with Crippen molar-refractivity contribution in [3.8, 4) is 0 Å². The van der Waals surface area contributed by atoms with Gasteiger partial charge in [0.25, 0.3) is 0 Å². The van der Waals surface area contributed by atoms with Crippen molar-refractivity contribution in [2.24, 2.45) is 0 Å². The molecule has 5 heteroatoms. The van der Waals surface area contributed by atoms with Gasteiger partial charge in [-0.3, -0.25) is 14.7 Å². The third-order valence-electron chi connectivity index (χ3n) is 4.21. The molecule has 0 aromatic carbocycles. The number of hydrogen-bond donors (Lipinski definition) is 0. The van der Waals surface area contributed by atoms with Gasteiger partial charge in [0.1, 0.15) is 0 Å². The van der Waals surface area contributed by atoms with E-state index in [0.717, 1.165) is 0 Å². The molecule has 1 rings (SSSR count). The maximum absolute atomic E-state index is 4.20. The second-order valence-electron chi connectivity index (χ2n) is 6.39. The zero-order valence-corrected chi connectivity index (χ0v) is 15.7. The molecule has 0 N–H and O–H groups in total. The topological polar surface area (TPSA) is 9.72 Å². The molecule has 0 amide bonds. The van der Waals surface area contributed by atoms with E-state index in [1.54, 1.807) is 0 Å². The van der Waals surface area contributed by atoms with Crippen LogP contribution in [0.2, 0.25) is 0 Å². The van der Waals surface area contributed by atoms with Crippen LogP contribution in [0, 0.1) is 0 Å². The Balaban J connectivity index is 0.00000172. The van der Waals surface area contributed by atoms with E-state index in [4.69, 9.17) is 0 Å². The zero-order chi connectivity index (χ0) is 15.7. The summed E-state index contributed by atoms with van der Waals surface area (Å²) in [6, 6.07) is 1.98. The Bertz CT molecular complexity index is 187. The maximum atomic E-state index is 4.20. The van der Waals surface area contributed by atoms with Gasteiger partial charge in [-0.1, -0.05) is 0 Å². The fraction of sp³-hybridized carbons (Fsp3) is 1.00. The van der Waals surface area contributed by atoms with E-state index in [1.807, 2.05) is 0 Å². The van der Waals surface area contributed by atoms with Crippen LogP contribution in [0.4, 0.5) is 0 Å². The first-order valence-corrected chi connectivity index (χ1v) is 9.05. The van der Waals surface area contributed by atoms with Crippen molar-refractivity contribution in [2.45, 2.75) is 59.7 Å². The van der Waals surface area contributed by atoms with Crippen LogP contribution in [0.3, 0.4) is 0 Å². The van der Waals surface area contributed by atoms with Crippen LogP contribution in [0.15, 0.2) is 0 Å². The molecule has 20 heavy (non-hydrogen) atoms. The Morgan fingerprint density at radius 3 is 0.800 bits per heavy atom. The number of hydrogen-bond acceptors (Lipinski definition) is 3. The molecule has 0 aliphatic carbocycles. The van der Waals surface area contributed by atoms with Crippen molar-refractivity contribution in [3.05, 3.63) is 0 Å². The van der Waals surface area contributed by atoms with E-state index in [0.29, 0.717) is 18.1 Å². The van der Waals surface area contributed by atoms with Crippen molar-refractivity contribution >= 4 is 10.1 Å². The van der Waals surface area contributed by atoms with Gasteiger partial charge in [0.2, 0.25) is 0 Å². The first kappa shape index (κ1) is 20.7. The molecule has 1 saturated heterocycles. The van der Waals surface area contributed by atoms with E-state index in [2.05, 4.69) is 81.4 Å². The normalized spacial score (nSPS) is 20.6. The van der Waals surface area contributed by atoms with Crippen LogP contribution in [-0.4, -0.2) is 72.1 Å². The Morgan fingerprint density at radius 2 is 0.700 bits per heavy atom. The molecule has 0 saturated carbocycles. The van der Waals surface area contributed by atoms with Gasteiger partial charge in [0.15, 0.2) is 0 Å². The van der Waals surface area contributed by atoms with Crippen molar-refractivity contribution in [2.75, 3.05) is 39.3 Å². The quantitative estimate of drug-likeness (QED) is 0.722. The second-order valence-corrected chi connectivity index (χ2v) is 6.39. The summed E-state index contributed by atoms with van der Waals surface area (Å²) in [6.07, 6.45) is 0. The van der Waals surface area contributed by atoms with Crippen molar-refractivity contribution in [1.29, 1.82) is 0 Å². The Hall–Kier alpha value is 0.689. The summed E-state index contributed by atoms with van der Waals surface area (Å²) in [5, 5.41) is 0. The molecule has 1 aliphatic heterocycles. The molecule has 126 valence electrons. The summed E-state index contributed by atoms with van der Waals surface area (Å²) < 4.78 is 0. The molecular formula is C15H33ClCuN3. The summed E-state index contributed by atoms with van der Waals surface area (Å²) in [5.74, 6) is 0. The van der Waals surface area contributed by atoms with E-state index in [-0.39, 0.29) is 0 Å². The average molecular weight is 354 g/mol. The molecule has 0 aromatic heterocycles. The molecule has 1 heterocycles. The molecule has 0 aromatic rings. The third-order valence-corrected chi connectivity index (χ3v) is 4.21. The molecule has 0 atom stereocenters. The van der Waals surface area contributed by atoms with Crippen LogP contribution in [0.1, 0.15) is 41.5 Å². The molecule has 3 nitrogen and oxygen atoms in total. The second kappa shape index (κ2) is 11.3. The van der Waals surface area contributed by atoms with Gasteiger partial charge in [-0.15, -0.1) is 0 Å². The van der Waals surface area contributed by atoms with Crippen LogP contribution in [-0.2, 0) is 15.1 Å². The standard InChI is InChI=1S/C15H33N3.ClH.Cu/c1-13(2)16-7-9-17(14(3)4)11-12-18(10-8-16)15(5)6;;/h13-15H,7-12H2,1-6H3;1H;/q;;+1/p-1. The van der Waals surface area contributed by atoms with Crippen LogP contribution >= 0.6 is 10.1 Å². The molecule has 0 bridgehead atoms. The molecule has 0 spiro atoms. The number of nitrogens with zero attached hydrogens (tertiary/aromatic N) is 3. The van der Waals surface area contributed by atoms with Crippen LogP contribution < -0.4 is 0 Å². The minimum atomic E-state index is 0.658. The van der Waals surface area contributed by atoms with Crippen LogP contribution in [0.25, 0.3) is 0 Å². The first-order valence-electron chi connectivity index (χ1n) is 7.75. The molecule has 0 radical (unpaired) electrons. The Morgan fingerprint density at radius 1 is 0.550 bits per heavy atom. The van der Waals surface area contributed by atoms with Gasteiger partial charge in [-0.2, -0.15) is 0 Å². The summed E-state index contributed by atoms with van der Waals surface area (Å²) >= 11 is 3.66. The molecule has 1 fully saturated rings. The first-order chi connectivity index (χ1) is 9.41. The zero-order valence-electron chi connectivity index (χ0n) is 14.0. The average Bonchev–Trinajstić information content (AvgIpc) is 2.50. The summed E-state index contributed by atoms with van der Waals surface area (Å²) in [4.78, 5) is 7.86. The van der Waals surface area contributed by atoms with Crippen molar-refractivity contribution in [1.82, 2.24) is 14.7 Å². The van der Waals surface area contributed by atoms with E-state index < -0.39 is 0 Å². The van der Waals surface area contributed by atoms with Gasteiger partial charge < -0.3 is 0 Å². The Kier molecular flexibility index (Phi) is 11.7. The van der Waals surface area contributed by atoms with Gasteiger partial charge in [-0.25, -0.2) is 0 Å². The predicted molar refractivity (Wildman–Crippen MR) is 86.0 cm³/mol. The summed E-state index contributed by atoms with van der Waals surface area (Å²) in [7, 11) is 4.20. The molecule has 1 aliphatic rings. The monoisotopic (exact) mass is 353 g/mol. The minimum absolute atomic E-state index is 0.658. The van der Waals surface area contributed by atoms with E-state index in [1.165, 1.54) is 39.3 Å². The molecular weight excluding hydrogens is 321 g/mol. The third kappa shape index (κ3) is 7.63. The van der Waals surface area contributed by atoms with E-state index in [9.17, 15) is 0 Å². The number of rotatable bonds is 3. The van der Waals surface area contributed by atoms with E-state index >= 15 is 0 Å². The molecule has 0 unspecified atom stereocenters. The number of halogens is 1. The van der Waals surface area contributed by atoms with Crippen molar-refractivity contribution in [3.63, 3.8) is 0 Å². The summed E-state index contributed by atoms with van der Waals surface area (Å²) in [5.41, 5.74) is 0. The van der Waals surface area contributed by atoms with Gasteiger partial charge in [0, 0.05) is 57.4 Å².